The summed E-state index contributed by atoms with van der Waals surface area (Å²) in [4.78, 5) is 23.8. The molecule has 3 N–H and O–H groups in total. The van der Waals surface area contributed by atoms with E-state index in [1.807, 2.05) is 30.3 Å². The van der Waals surface area contributed by atoms with E-state index in [1.165, 1.54) is 0 Å². The van der Waals surface area contributed by atoms with Crippen LogP contribution in [-0.4, -0.2) is 30.6 Å². The van der Waals surface area contributed by atoms with E-state index in [9.17, 15) is 9.59 Å². The van der Waals surface area contributed by atoms with Gasteiger partial charge in [0.25, 0.3) is 0 Å². The zero-order valence-corrected chi connectivity index (χ0v) is 10.7. The van der Waals surface area contributed by atoms with Crippen molar-refractivity contribution in [2.45, 2.75) is 30.8 Å². The first-order chi connectivity index (χ1) is 9.82. The highest BCUT2D eigenvalue weighted by Gasteiger charge is 2.52. The lowest BCUT2D eigenvalue weighted by molar-refractivity contribution is -0.146. The highest BCUT2D eigenvalue weighted by atomic mass is 16.5. The van der Waals surface area contributed by atoms with Crippen LogP contribution in [0.15, 0.2) is 30.3 Å². The number of rotatable bonds is 5. The Morgan fingerprint density at radius 3 is 2.68 bits per heavy atom. The number of methoxy groups -OCH3 is 1. The van der Waals surface area contributed by atoms with Gasteiger partial charge in [-0.15, -0.1) is 0 Å². The van der Waals surface area contributed by atoms with Gasteiger partial charge in [0.2, 0.25) is 5.91 Å². The standard InChI is InChI=1S/C14H18N2O3/c1-19-13(18)14(7-8-14)16-12(17)11(15)9-10-5-3-2-4-6-10/h2-6,11H,7-9,15H2,1H3,(H,16,17)/t11-/m0/s1/i7D2/t11-,14?. The van der Waals surface area contributed by atoms with Gasteiger partial charge in [0, 0.05) is 2.74 Å². The maximum Gasteiger partial charge on any atom is 0.331 e. The fourth-order valence-corrected chi connectivity index (χ4v) is 1.81. The zero-order valence-electron chi connectivity index (χ0n) is 12.7. The average Bonchev–Trinajstić information content (AvgIpc) is 3.01. The molecule has 0 saturated heterocycles. The number of esters is 1. The van der Waals surface area contributed by atoms with Gasteiger partial charge in [-0.1, -0.05) is 30.3 Å². The van der Waals surface area contributed by atoms with Crippen LogP contribution in [0.3, 0.4) is 0 Å². The average molecular weight is 264 g/mol. The van der Waals surface area contributed by atoms with Gasteiger partial charge in [0.05, 0.1) is 13.2 Å². The summed E-state index contributed by atoms with van der Waals surface area (Å²) < 4.78 is 19.9. The Labute approximate surface area is 114 Å². The van der Waals surface area contributed by atoms with E-state index in [-0.39, 0.29) is 6.42 Å². The van der Waals surface area contributed by atoms with Crippen LogP contribution in [0.4, 0.5) is 0 Å². The van der Waals surface area contributed by atoms with Gasteiger partial charge in [-0.25, -0.2) is 4.79 Å². The summed E-state index contributed by atoms with van der Waals surface area (Å²) in [7, 11) is 1.16. The van der Waals surface area contributed by atoms with Crippen LogP contribution in [0.1, 0.15) is 21.1 Å². The minimum Gasteiger partial charge on any atom is -0.467 e. The fraction of sp³-hybridized carbons (Fsp3) is 0.429. The van der Waals surface area contributed by atoms with E-state index in [0.717, 1.165) is 12.7 Å². The molecule has 5 heteroatoms. The number of benzene rings is 1. The second-order valence-electron chi connectivity index (χ2n) is 4.54. The summed E-state index contributed by atoms with van der Waals surface area (Å²) in [6.45, 7) is 0. The number of nitrogens with one attached hydrogen (secondary N) is 1. The Bertz CT molecular complexity index is 550. The van der Waals surface area contributed by atoms with Gasteiger partial charge in [-0.3, -0.25) is 4.79 Å². The van der Waals surface area contributed by atoms with Crippen molar-refractivity contribution in [1.82, 2.24) is 5.32 Å². The molecule has 1 unspecified atom stereocenters. The van der Waals surface area contributed by atoms with Crippen LogP contribution < -0.4 is 11.1 Å². The minimum atomic E-state index is -1.80. The third-order valence-corrected chi connectivity index (χ3v) is 3.04. The topological polar surface area (TPSA) is 81.4 Å². The van der Waals surface area contributed by atoms with Crippen LogP contribution in [-0.2, 0) is 20.7 Å². The SMILES string of the molecule is [2H]C1([2H])CC1(NC(=O)[C@@H](N)Cc1ccccc1)C(=O)OC. The van der Waals surface area contributed by atoms with Crippen molar-refractivity contribution in [1.29, 1.82) is 0 Å². The Hall–Kier alpha value is -1.88. The van der Waals surface area contributed by atoms with Crippen molar-refractivity contribution in [2.75, 3.05) is 7.11 Å². The maximum atomic E-state index is 12.1. The van der Waals surface area contributed by atoms with Gasteiger partial charge in [-0.05, 0) is 24.8 Å². The Kier molecular flexibility index (Phi) is 3.12. The lowest BCUT2D eigenvalue weighted by Crippen LogP contribution is -2.51. The molecule has 2 rings (SSSR count). The lowest BCUT2D eigenvalue weighted by atomic mass is 10.1. The molecular weight excluding hydrogens is 244 g/mol. The van der Waals surface area contributed by atoms with Gasteiger partial charge in [0.1, 0.15) is 5.54 Å². The molecule has 1 amide bonds. The van der Waals surface area contributed by atoms with Crippen LogP contribution in [0.5, 0.6) is 0 Å². The molecule has 2 atom stereocenters. The zero-order chi connectivity index (χ0) is 15.7. The van der Waals surface area contributed by atoms with E-state index < -0.39 is 29.8 Å². The molecule has 1 aliphatic carbocycles. The summed E-state index contributed by atoms with van der Waals surface area (Å²) in [6, 6.07) is 8.38. The third kappa shape index (κ3) is 3.12. The van der Waals surface area contributed by atoms with Gasteiger partial charge < -0.3 is 15.8 Å². The van der Waals surface area contributed by atoms with Gasteiger partial charge in [0.15, 0.2) is 0 Å². The van der Waals surface area contributed by atoms with E-state index in [2.05, 4.69) is 10.1 Å². The Morgan fingerprint density at radius 2 is 2.16 bits per heavy atom. The Morgan fingerprint density at radius 1 is 1.53 bits per heavy atom. The molecule has 0 radical (unpaired) electrons. The van der Waals surface area contributed by atoms with Crippen molar-refractivity contribution < 1.29 is 17.1 Å². The van der Waals surface area contributed by atoms with Crippen LogP contribution in [0.25, 0.3) is 0 Å². The molecule has 1 aromatic rings. The van der Waals surface area contributed by atoms with Crippen molar-refractivity contribution in [3.63, 3.8) is 0 Å². The number of nitrogens with two attached hydrogens (primary N) is 1. The normalized spacial score (nSPS) is 26.6. The van der Waals surface area contributed by atoms with Crippen molar-refractivity contribution >= 4 is 11.9 Å². The number of amides is 1. The van der Waals surface area contributed by atoms with E-state index in [0.29, 0.717) is 6.42 Å². The molecule has 102 valence electrons. The lowest BCUT2D eigenvalue weighted by Gasteiger charge is -2.18. The molecule has 19 heavy (non-hydrogen) atoms. The molecule has 5 nitrogen and oxygen atoms in total. The van der Waals surface area contributed by atoms with Crippen LogP contribution >= 0.6 is 0 Å². The first-order valence-electron chi connectivity index (χ1n) is 7.02. The largest absolute Gasteiger partial charge is 0.467 e. The molecule has 1 aliphatic rings. The van der Waals surface area contributed by atoms with E-state index >= 15 is 0 Å². The number of hydrogen-bond donors (Lipinski definition) is 2. The third-order valence-electron chi connectivity index (χ3n) is 3.04. The summed E-state index contributed by atoms with van der Waals surface area (Å²) in [5, 5.41) is 2.41. The maximum absolute atomic E-state index is 12.1. The predicted molar refractivity (Wildman–Crippen MR) is 70.2 cm³/mol. The first-order valence-corrected chi connectivity index (χ1v) is 6.02. The molecule has 0 heterocycles. The first kappa shape index (κ1) is 11.0. The molecule has 1 aromatic carbocycles. The summed E-state index contributed by atoms with van der Waals surface area (Å²) >= 11 is 0. The molecule has 0 aromatic heterocycles. The molecule has 0 bridgehead atoms. The highest BCUT2D eigenvalue weighted by molar-refractivity contribution is 5.92. The number of carbonyl (C=O) groups excluding carboxylic acids is 2. The molecule has 0 aliphatic heterocycles. The summed E-state index contributed by atoms with van der Waals surface area (Å²) in [5.41, 5.74) is 5.12. The number of ether oxygens (including phenoxy) is 1. The van der Waals surface area contributed by atoms with Gasteiger partial charge in [-0.2, -0.15) is 0 Å². The molecule has 1 saturated carbocycles. The Balaban J connectivity index is 2.02. The molecule has 0 spiro atoms. The molecular formula is C14H18N2O3. The second-order valence-corrected chi connectivity index (χ2v) is 4.54. The monoisotopic (exact) mass is 264 g/mol. The number of hydrogen-bond acceptors (Lipinski definition) is 4. The number of carbonyl (C=O) groups is 2. The van der Waals surface area contributed by atoms with Crippen LogP contribution in [0, 0.1) is 0 Å². The minimum absolute atomic E-state index is 0.101. The van der Waals surface area contributed by atoms with Gasteiger partial charge >= 0.3 is 5.97 Å². The van der Waals surface area contributed by atoms with E-state index in [4.69, 9.17) is 8.48 Å². The highest BCUT2D eigenvalue weighted by Crippen LogP contribution is 2.36. The summed E-state index contributed by atoms with van der Waals surface area (Å²) in [6.07, 6.45) is -1.59. The quantitative estimate of drug-likeness (QED) is 0.753. The van der Waals surface area contributed by atoms with Crippen molar-refractivity contribution in [3.8, 4) is 0 Å². The van der Waals surface area contributed by atoms with Crippen molar-refractivity contribution in [3.05, 3.63) is 35.9 Å². The second kappa shape index (κ2) is 5.40. The van der Waals surface area contributed by atoms with Crippen molar-refractivity contribution in [2.24, 2.45) is 5.73 Å². The molecule has 1 fully saturated rings. The summed E-state index contributed by atoms with van der Waals surface area (Å²) in [5.74, 6) is -1.35. The fourth-order valence-electron chi connectivity index (χ4n) is 1.81. The predicted octanol–water partition coefficient (Wildman–Crippen LogP) is 0.378. The smallest absolute Gasteiger partial charge is 0.331 e. The van der Waals surface area contributed by atoms with E-state index in [1.54, 1.807) is 0 Å². The van der Waals surface area contributed by atoms with Crippen LogP contribution in [0.2, 0.25) is 0 Å².